The van der Waals surface area contributed by atoms with Crippen molar-refractivity contribution in [2.75, 3.05) is 11.4 Å². The topological polar surface area (TPSA) is 72.4 Å². The van der Waals surface area contributed by atoms with Crippen molar-refractivity contribution in [3.8, 4) is 0 Å². The van der Waals surface area contributed by atoms with Crippen LogP contribution in [0.15, 0.2) is 42.5 Å². The van der Waals surface area contributed by atoms with Gasteiger partial charge in [0.2, 0.25) is 0 Å². The maximum atomic E-state index is 11.0. The molecule has 1 aliphatic heterocycles. The van der Waals surface area contributed by atoms with Gasteiger partial charge >= 0.3 is 0 Å². The molecule has 3 rings (SSSR count). The van der Waals surface area contributed by atoms with Gasteiger partial charge < -0.3 is 10.6 Å². The van der Waals surface area contributed by atoms with Gasteiger partial charge in [0.15, 0.2) is 0 Å². The fraction of sp³-hybridized carbons (Fsp3) is 0.250. The van der Waals surface area contributed by atoms with Crippen LogP contribution < -0.4 is 10.6 Å². The van der Waals surface area contributed by atoms with Crippen LogP contribution in [0.3, 0.4) is 0 Å². The highest BCUT2D eigenvalue weighted by Crippen LogP contribution is 2.30. The SMILES string of the molecule is NC1Cc2ccccc2N(Cc2ccc(Cl)c([N+](=O)[O-])c2)C1. The Morgan fingerprint density at radius 2 is 2.09 bits per heavy atom. The van der Waals surface area contributed by atoms with E-state index in [1.165, 1.54) is 11.6 Å². The van der Waals surface area contributed by atoms with E-state index in [4.69, 9.17) is 17.3 Å². The minimum atomic E-state index is -0.457. The number of nitrogens with two attached hydrogens (primary N) is 1. The van der Waals surface area contributed by atoms with Gasteiger partial charge in [0, 0.05) is 30.9 Å². The van der Waals surface area contributed by atoms with Crippen molar-refractivity contribution in [1.82, 2.24) is 0 Å². The average Bonchev–Trinajstić information content (AvgIpc) is 2.48. The van der Waals surface area contributed by atoms with Crippen LogP contribution in [-0.2, 0) is 13.0 Å². The molecule has 0 fully saturated rings. The Morgan fingerprint density at radius 3 is 2.86 bits per heavy atom. The van der Waals surface area contributed by atoms with E-state index in [9.17, 15) is 10.1 Å². The van der Waals surface area contributed by atoms with Crippen LogP contribution in [0, 0.1) is 10.1 Å². The lowest BCUT2D eigenvalue weighted by Crippen LogP contribution is -2.42. The summed E-state index contributed by atoms with van der Waals surface area (Å²) in [7, 11) is 0. The Kier molecular flexibility index (Phi) is 4.00. The molecule has 0 saturated carbocycles. The number of fused-ring (bicyclic) bond motifs is 1. The van der Waals surface area contributed by atoms with E-state index in [2.05, 4.69) is 17.0 Å². The molecule has 6 heteroatoms. The predicted molar refractivity (Wildman–Crippen MR) is 87.3 cm³/mol. The molecule has 0 aromatic heterocycles. The van der Waals surface area contributed by atoms with E-state index in [0.29, 0.717) is 6.54 Å². The van der Waals surface area contributed by atoms with E-state index < -0.39 is 4.92 Å². The number of nitro benzene ring substituents is 1. The molecule has 114 valence electrons. The Labute approximate surface area is 133 Å². The van der Waals surface area contributed by atoms with Gasteiger partial charge in [-0.05, 0) is 29.7 Å². The lowest BCUT2D eigenvalue weighted by molar-refractivity contribution is -0.384. The standard InChI is InChI=1S/C16H16ClN3O2/c17-14-6-5-11(7-16(14)20(21)22)9-19-10-13(18)8-12-3-1-2-4-15(12)19/h1-7,13H,8-10,18H2. The molecule has 1 heterocycles. The first-order chi connectivity index (χ1) is 10.5. The fourth-order valence-electron chi connectivity index (χ4n) is 2.89. The van der Waals surface area contributed by atoms with Crippen molar-refractivity contribution >= 4 is 23.0 Å². The van der Waals surface area contributed by atoms with Crippen LogP contribution in [0.25, 0.3) is 0 Å². The van der Waals surface area contributed by atoms with E-state index >= 15 is 0 Å². The second-order valence-corrected chi connectivity index (χ2v) is 5.92. The molecule has 2 aromatic carbocycles. The minimum absolute atomic E-state index is 0.0613. The first-order valence-corrected chi connectivity index (χ1v) is 7.43. The second kappa shape index (κ2) is 5.94. The summed E-state index contributed by atoms with van der Waals surface area (Å²) in [5, 5.41) is 11.2. The minimum Gasteiger partial charge on any atom is -0.365 e. The zero-order valence-electron chi connectivity index (χ0n) is 11.9. The summed E-state index contributed by atoms with van der Waals surface area (Å²) >= 11 is 5.86. The summed E-state index contributed by atoms with van der Waals surface area (Å²) in [4.78, 5) is 12.7. The van der Waals surface area contributed by atoms with Crippen LogP contribution in [0.4, 0.5) is 11.4 Å². The van der Waals surface area contributed by atoms with Crippen LogP contribution >= 0.6 is 11.6 Å². The largest absolute Gasteiger partial charge is 0.365 e. The fourth-order valence-corrected chi connectivity index (χ4v) is 3.07. The molecule has 2 aromatic rings. The number of anilines is 1. The molecular formula is C16H16ClN3O2. The number of hydrogen-bond acceptors (Lipinski definition) is 4. The van der Waals surface area contributed by atoms with Gasteiger partial charge in [-0.25, -0.2) is 0 Å². The first kappa shape index (κ1) is 14.8. The van der Waals surface area contributed by atoms with Gasteiger partial charge in [-0.2, -0.15) is 0 Å². The molecule has 5 nitrogen and oxygen atoms in total. The summed E-state index contributed by atoms with van der Waals surface area (Å²) in [5.41, 5.74) is 9.26. The third kappa shape index (κ3) is 2.91. The maximum absolute atomic E-state index is 11.0. The molecule has 0 aliphatic carbocycles. The molecule has 1 aliphatic rings. The zero-order chi connectivity index (χ0) is 15.7. The Hall–Kier alpha value is -2.11. The molecule has 0 saturated heterocycles. The number of benzene rings is 2. The van der Waals surface area contributed by atoms with Gasteiger partial charge in [-0.15, -0.1) is 0 Å². The summed E-state index contributed by atoms with van der Waals surface area (Å²) in [6, 6.07) is 13.1. The van der Waals surface area contributed by atoms with Crippen molar-refractivity contribution in [2.45, 2.75) is 19.0 Å². The van der Waals surface area contributed by atoms with E-state index in [1.807, 2.05) is 18.2 Å². The highest BCUT2D eigenvalue weighted by atomic mass is 35.5. The van der Waals surface area contributed by atoms with Crippen molar-refractivity contribution < 1.29 is 4.92 Å². The van der Waals surface area contributed by atoms with Gasteiger partial charge in [0.1, 0.15) is 5.02 Å². The molecule has 1 unspecified atom stereocenters. The molecule has 0 spiro atoms. The first-order valence-electron chi connectivity index (χ1n) is 7.06. The van der Waals surface area contributed by atoms with Crippen LogP contribution in [0.2, 0.25) is 5.02 Å². The van der Waals surface area contributed by atoms with Gasteiger partial charge in [-0.3, -0.25) is 10.1 Å². The van der Waals surface area contributed by atoms with Crippen molar-refractivity contribution in [1.29, 1.82) is 0 Å². The van der Waals surface area contributed by atoms with Crippen molar-refractivity contribution in [2.24, 2.45) is 5.73 Å². The van der Waals surface area contributed by atoms with Crippen LogP contribution in [0.1, 0.15) is 11.1 Å². The Balaban J connectivity index is 1.90. The Bertz CT molecular complexity index is 720. The van der Waals surface area contributed by atoms with Crippen LogP contribution in [-0.4, -0.2) is 17.5 Å². The summed E-state index contributed by atoms with van der Waals surface area (Å²) < 4.78 is 0. The third-order valence-electron chi connectivity index (χ3n) is 3.85. The van der Waals surface area contributed by atoms with Crippen molar-refractivity contribution in [3.63, 3.8) is 0 Å². The molecule has 2 N–H and O–H groups in total. The second-order valence-electron chi connectivity index (χ2n) is 5.52. The number of para-hydroxylation sites is 1. The average molecular weight is 318 g/mol. The van der Waals surface area contributed by atoms with E-state index in [1.54, 1.807) is 6.07 Å². The Morgan fingerprint density at radius 1 is 1.32 bits per heavy atom. The smallest absolute Gasteiger partial charge is 0.288 e. The van der Waals surface area contributed by atoms with Crippen LogP contribution in [0.5, 0.6) is 0 Å². The highest BCUT2D eigenvalue weighted by Gasteiger charge is 2.22. The lowest BCUT2D eigenvalue weighted by atomic mass is 9.98. The number of nitrogens with zero attached hydrogens (tertiary/aromatic N) is 2. The molecule has 0 bridgehead atoms. The van der Waals surface area contributed by atoms with Gasteiger partial charge in [0.25, 0.3) is 5.69 Å². The number of nitro groups is 1. The third-order valence-corrected chi connectivity index (χ3v) is 4.17. The van der Waals surface area contributed by atoms with E-state index in [0.717, 1.165) is 24.2 Å². The molecule has 22 heavy (non-hydrogen) atoms. The number of rotatable bonds is 3. The number of halogens is 1. The highest BCUT2D eigenvalue weighted by molar-refractivity contribution is 6.32. The van der Waals surface area contributed by atoms with E-state index in [-0.39, 0.29) is 16.8 Å². The quantitative estimate of drug-likeness (QED) is 0.697. The van der Waals surface area contributed by atoms with Gasteiger partial charge in [0.05, 0.1) is 4.92 Å². The molecule has 0 amide bonds. The monoisotopic (exact) mass is 317 g/mol. The molecular weight excluding hydrogens is 302 g/mol. The maximum Gasteiger partial charge on any atom is 0.288 e. The summed E-state index contributed by atoms with van der Waals surface area (Å²) in [5.74, 6) is 0. The summed E-state index contributed by atoms with van der Waals surface area (Å²) in [6.45, 7) is 1.30. The van der Waals surface area contributed by atoms with Crippen molar-refractivity contribution in [3.05, 3.63) is 68.7 Å². The number of hydrogen-bond donors (Lipinski definition) is 1. The molecule has 0 radical (unpaired) electrons. The van der Waals surface area contributed by atoms with Gasteiger partial charge in [-0.1, -0.05) is 35.9 Å². The predicted octanol–water partition coefficient (Wildman–Crippen LogP) is 3.14. The summed E-state index contributed by atoms with van der Waals surface area (Å²) in [6.07, 6.45) is 0.855. The lowest BCUT2D eigenvalue weighted by Gasteiger charge is -2.34. The zero-order valence-corrected chi connectivity index (χ0v) is 12.7. The molecule has 1 atom stereocenters. The normalized spacial score (nSPS) is 17.2.